The molecule has 1 aromatic heterocycles. The number of fused-ring (bicyclic) bond motifs is 1. The van der Waals surface area contributed by atoms with E-state index in [9.17, 15) is 8.42 Å². The number of hydrogen-bond acceptors (Lipinski definition) is 5. The molecule has 0 aliphatic carbocycles. The van der Waals surface area contributed by atoms with Gasteiger partial charge in [-0.25, -0.2) is 18.1 Å². The van der Waals surface area contributed by atoms with Crippen molar-refractivity contribution in [2.24, 2.45) is 0 Å². The molecule has 0 saturated carbocycles. The Morgan fingerprint density at radius 2 is 2.04 bits per heavy atom. The summed E-state index contributed by atoms with van der Waals surface area (Å²) < 4.78 is 37.7. The van der Waals surface area contributed by atoms with Gasteiger partial charge in [-0.3, -0.25) is 0 Å². The zero-order valence-corrected chi connectivity index (χ0v) is 13.6. The maximum atomic E-state index is 12.4. The molecule has 0 unspecified atom stereocenters. The molecule has 3 rings (SSSR count). The minimum atomic E-state index is -3.60. The number of ether oxygens (including phenoxy) is 1. The molecule has 6 nitrogen and oxygen atoms in total. The highest BCUT2D eigenvalue weighted by Gasteiger charge is 2.15. The summed E-state index contributed by atoms with van der Waals surface area (Å²) in [6.45, 7) is 1.97. The van der Waals surface area contributed by atoms with E-state index in [-0.39, 0.29) is 11.4 Å². The predicted molar refractivity (Wildman–Crippen MR) is 85.8 cm³/mol. The molecule has 0 aliphatic heterocycles. The molecule has 23 heavy (non-hydrogen) atoms. The normalized spacial score (nSPS) is 11.7. The average molecular weight is 332 g/mol. The van der Waals surface area contributed by atoms with Crippen LogP contribution in [0.25, 0.3) is 11.1 Å². The summed E-state index contributed by atoms with van der Waals surface area (Å²) in [5.41, 5.74) is 2.92. The van der Waals surface area contributed by atoms with E-state index in [1.165, 1.54) is 12.5 Å². The van der Waals surface area contributed by atoms with Crippen molar-refractivity contribution >= 4 is 21.1 Å². The Hall–Kier alpha value is -2.38. The van der Waals surface area contributed by atoms with E-state index in [1.54, 1.807) is 38.3 Å². The lowest BCUT2D eigenvalue weighted by Crippen LogP contribution is -2.23. The van der Waals surface area contributed by atoms with Crippen LogP contribution in [0.5, 0.6) is 5.75 Å². The standard InChI is InChI=1S/C16H16N2O4S/c1-11-7-13(4-6-15(11)21-2)23(19,20)18-9-12-3-5-14-16(8-12)22-10-17-14/h3-8,10,18H,9H2,1-2H3. The summed E-state index contributed by atoms with van der Waals surface area (Å²) in [6.07, 6.45) is 1.36. The second-order valence-electron chi connectivity index (χ2n) is 5.11. The van der Waals surface area contributed by atoms with E-state index < -0.39 is 10.0 Å². The van der Waals surface area contributed by atoms with Gasteiger partial charge in [-0.15, -0.1) is 0 Å². The monoisotopic (exact) mass is 332 g/mol. The van der Waals surface area contributed by atoms with E-state index in [2.05, 4.69) is 9.71 Å². The van der Waals surface area contributed by atoms with Crippen molar-refractivity contribution in [1.29, 1.82) is 0 Å². The molecule has 0 radical (unpaired) electrons. The molecular formula is C16H16N2O4S. The minimum absolute atomic E-state index is 0.171. The molecule has 7 heteroatoms. The van der Waals surface area contributed by atoms with Crippen LogP contribution in [-0.4, -0.2) is 20.5 Å². The largest absolute Gasteiger partial charge is 0.496 e. The Balaban J connectivity index is 1.79. The third-order valence-electron chi connectivity index (χ3n) is 3.54. The highest BCUT2D eigenvalue weighted by atomic mass is 32.2. The van der Waals surface area contributed by atoms with Crippen LogP contribution in [-0.2, 0) is 16.6 Å². The average Bonchev–Trinajstić information content (AvgIpc) is 3.00. The van der Waals surface area contributed by atoms with Crippen LogP contribution in [0.15, 0.2) is 52.1 Å². The van der Waals surface area contributed by atoms with Gasteiger partial charge in [-0.1, -0.05) is 6.07 Å². The Bertz CT molecular complexity index is 948. The highest BCUT2D eigenvalue weighted by molar-refractivity contribution is 7.89. The zero-order chi connectivity index (χ0) is 16.4. The van der Waals surface area contributed by atoms with E-state index in [0.717, 1.165) is 16.6 Å². The summed E-state index contributed by atoms with van der Waals surface area (Å²) in [5.74, 6) is 0.653. The number of nitrogens with zero attached hydrogens (tertiary/aromatic N) is 1. The van der Waals surface area contributed by atoms with E-state index in [1.807, 2.05) is 6.07 Å². The fraction of sp³-hybridized carbons (Fsp3) is 0.188. The molecule has 2 aromatic carbocycles. The van der Waals surface area contributed by atoms with Gasteiger partial charge in [0, 0.05) is 6.54 Å². The summed E-state index contributed by atoms with van der Waals surface area (Å²) in [4.78, 5) is 4.23. The molecule has 0 aliphatic rings. The number of oxazole rings is 1. The van der Waals surface area contributed by atoms with Crippen molar-refractivity contribution in [3.63, 3.8) is 0 Å². The number of hydrogen-bond donors (Lipinski definition) is 1. The van der Waals surface area contributed by atoms with Crippen molar-refractivity contribution in [3.8, 4) is 5.75 Å². The molecule has 1 heterocycles. The first kappa shape index (κ1) is 15.5. The van der Waals surface area contributed by atoms with Crippen LogP contribution in [0.1, 0.15) is 11.1 Å². The van der Waals surface area contributed by atoms with Crippen LogP contribution in [0, 0.1) is 6.92 Å². The SMILES string of the molecule is COc1ccc(S(=O)(=O)NCc2ccc3ncoc3c2)cc1C. The Morgan fingerprint density at radius 3 is 2.78 bits per heavy atom. The first-order valence-corrected chi connectivity index (χ1v) is 8.44. The molecule has 3 aromatic rings. The fourth-order valence-electron chi connectivity index (χ4n) is 2.29. The van der Waals surface area contributed by atoms with Crippen molar-refractivity contribution in [2.45, 2.75) is 18.4 Å². The van der Waals surface area contributed by atoms with Crippen LogP contribution in [0.4, 0.5) is 0 Å². The number of nitrogens with one attached hydrogen (secondary N) is 1. The Kier molecular flexibility index (Phi) is 4.06. The minimum Gasteiger partial charge on any atom is -0.496 e. The van der Waals surface area contributed by atoms with Crippen molar-refractivity contribution < 1.29 is 17.6 Å². The van der Waals surface area contributed by atoms with Gasteiger partial charge < -0.3 is 9.15 Å². The molecule has 0 atom stereocenters. The van der Waals surface area contributed by atoms with Gasteiger partial charge in [0.25, 0.3) is 0 Å². The lowest BCUT2D eigenvalue weighted by atomic mass is 10.2. The smallest absolute Gasteiger partial charge is 0.240 e. The van der Waals surface area contributed by atoms with E-state index in [0.29, 0.717) is 11.3 Å². The number of benzene rings is 2. The number of sulfonamides is 1. The first-order chi connectivity index (χ1) is 11.0. The number of methoxy groups -OCH3 is 1. The maximum absolute atomic E-state index is 12.4. The molecular weight excluding hydrogens is 316 g/mol. The second kappa shape index (κ2) is 6.02. The first-order valence-electron chi connectivity index (χ1n) is 6.96. The molecule has 0 spiro atoms. The Labute approximate surface area is 134 Å². The van der Waals surface area contributed by atoms with E-state index in [4.69, 9.17) is 9.15 Å². The van der Waals surface area contributed by atoms with Crippen LogP contribution < -0.4 is 9.46 Å². The maximum Gasteiger partial charge on any atom is 0.240 e. The van der Waals surface area contributed by atoms with Crippen LogP contribution in [0.2, 0.25) is 0 Å². The molecule has 1 N–H and O–H groups in total. The third-order valence-corrected chi connectivity index (χ3v) is 4.94. The quantitative estimate of drug-likeness (QED) is 0.777. The molecule has 0 amide bonds. The van der Waals surface area contributed by atoms with Gasteiger partial charge in [0.1, 0.15) is 11.3 Å². The van der Waals surface area contributed by atoms with Crippen molar-refractivity contribution in [1.82, 2.24) is 9.71 Å². The van der Waals surface area contributed by atoms with Gasteiger partial charge in [0.2, 0.25) is 10.0 Å². The van der Waals surface area contributed by atoms with Crippen molar-refractivity contribution in [3.05, 3.63) is 53.9 Å². The van der Waals surface area contributed by atoms with E-state index >= 15 is 0 Å². The number of aromatic nitrogens is 1. The summed E-state index contributed by atoms with van der Waals surface area (Å²) in [7, 11) is -2.05. The number of aryl methyl sites for hydroxylation is 1. The summed E-state index contributed by atoms with van der Waals surface area (Å²) >= 11 is 0. The van der Waals surface area contributed by atoms with Crippen LogP contribution in [0.3, 0.4) is 0 Å². The topological polar surface area (TPSA) is 81.4 Å². The molecule has 0 saturated heterocycles. The summed E-state index contributed by atoms with van der Waals surface area (Å²) in [6, 6.07) is 10.1. The molecule has 0 bridgehead atoms. The number of rotatable bonds is 5. The molecule has 0 fully saturated rings. The molecule has 120 valence electrons. The van der Waals surface area contributed by atoms with Crippen LogP contribution >= 0.6 is 0 Å². The lowest BCUT2D eigenvalue weighted by Gasteiger charge is -2.09. The van der Waals surface area contributed by atoms with Crippen molar-refractivity contribution in [2.75, 3.05) is 7.11 Å². The summed E-state index contributed by atoms with van der Waals surface area (Å²) in [5, 5.41) is 0. The van der Waals surface area contributed by atoms with Gasteiger partial charge >= 0.3 is 0 Å². The Morgan fingerprint density at radius 1 is 1.22 bits per heavy atom. The zero-order valence-electron chi connectivity index (χ0n) is 12.7. The fourth-order valence-corrected chi connectivity index (χ4v) is 3.39. The lowest BCUT2D eigenvalue weighted by molar-refractivity contribution is 0.411. The van der Waals surface area contributed by atoms with Gasteiger partial charge in [-0.05, 0) is 48.4 Å². The van der Waals surface area contributed by atoms with Gasteiger partial charge in [0.15, 0.2) is 12.0 Å². The second-order valence-corrected chi connectivity index (χ2v) is 6.88. The highest BCUT2D eigenvalue weighted by Crippen LogP contribution is 2.21. The third kappa shape index (κ3) is 3.20. The predicted octanol–water partition coefficient (Wildman–Crippen LogP) is 2.62. The van der Waals surface area contributed by atoms with Gasteiger partial charge in [0.05, 0.1) is 12.0 Å². The van der Waals surface area contributed by atoms with Gasteiger partial charge in [-0.2, -0.15) is 0 Å².